The lowest BCUT2D eigenvalue weighted by Crippen LogP contribution is -1.97. The molecule has 0 aliphatic rings. The Hall–Kier alpha value is -1.09. The zero-order valence-electron chi connectivity index (χ0n) is 39.6. The molecule has 57 heavy (non-hydrogen) atoms. The molecule has 0 atom stereocenters. The molecule has 0 heterocycles. The van der Waals surface area contributed by atoms with Crippen LogP contribution in [0.2, 0.25) is 0 Å². The second-order valence-corrected chi connectivity index (χ2v) is 17.6. The van der Waals surface area contributed by atoms with E-state index in [1.807, 2.05) is 0 Å². The Morgan fingerprint density at radius 2 is 0.526 bits per heavy atom. The van der Waals surface area contributed by atoms with Gasteiger partial charge in [-0.15, -0.1) is 0 Å². The third kappa shape index (κ3) is 61.7. The topological polar surface area (TPSA) is 46.5 Å². The molecule has 0 fully saturated rings. The summed E-state index contributed by atoms with van der Waals surface area (Å²) in [5.74, 6) is -0.653. The Bertz CT molecular complexity index is 718. The molecule has 0 spiro atoms. The minimum absolute atomic E-state index is 0.345. The highest BCUT2D eigenvalue weighted by molar-refractivity contribution is 5.66. The highest BCUT2D eigenvalue weighted by atomic mass is 16.5. The maximum absolute atomic E-state index is 10.3. The number of hydrogen-bond acceptors (Lipinski definition) is 2. The van der Waals surface area contributed by atoms with Crippen molar-refractivity contribution in [1.82, 2.24) is 0 Å². The molecule has 0 aromatic rings. The van der Waals surface area contributed by atoms with Crippen LogP contribution in [0.5, 0.6) is 0 Å². The molecule has 0 aromatic heterocycles. The monoisotopic (exact) mass is 803 g/mol. The molecule has 340 valence electrons. The minimum atomic E-state index is -0.653. The van der Waals surface area contributed by atoms with Gasteiger partial charge in [-0.2, -0.15) is 0 Å². The van der Waals surface area contributed by atoms with Gasteiger partial charge in [0.15, 0.2) is 0 Å². The number of hydrogen-bond donors (Lipinski definition) is 1. The average molecular weight is 803 g/mol. The molecular weight excluding hydrogens is 697 g/mol. The van der Waals surface area contributed by atoms with Gasteiger partial charge in [-0.3, -0.25) is 4.79 Å². The predicted molar refractivity (Wildman–Crippen MR) is 257 cm³/mol. The van der Waals surface area contributed by atoms with Crippen molar-refractivity contribution in [2.75, 3.05) is 13.2 Å². The Labute approximate surface area is 360 Å². The minimum Gasteiger partial charge on any atom is -0.481 e. The smallest absolute Gasteiger partial charge is 0.303 e. The van der Waals surface area contributed by atoms with Crippen LogP contribution in [0.15, 0.2) is 24.3 Å². The quantitative estimate of drug-likeness (QED) is 0.0492. The molecule has 0 aromatic carbocycles. The predicted octanol–water partition coefficient (Wildman–Crippen LogP) is 19.4. The van der Waals surface area contributed by atoms with E-state index in [9.17, 15) is 4.79 Å². The van der Waals surface area contributed by atoms with Crippen molar-refractivity contribution in [3.8, 4) is 0 Å². The SMILES string of the molecule is CCCCCCCCC=CCCCCCCCCOCCCCCCCCC=CCCCCCCCC.CCCCCCCCCCCCCCCCCC(=O)O. The van der Waals surface area contributed by atoms with Gasteiger partial charge in [0.1, 0.15) is 0 Å². The van der Waals surface area contributed by atoms with Crippen LogP contribution in [0.25, 0.3) is 0 Å². The van der Waals surface area contributed by atoms with Gasteiger partial charge >= 0.3 is 5.97 Å². The van der Waals surface area contributed by atoms with Gasteiger partial charge in [-0.05, 0) is 70.6 Å². The fourth-order valence-electron chi connectivity index (χ4n) is 7.65. The highest BCUT2D eigenvalue weighted by Gasteiger charge is 1.98. The number of carboxylic acid groups (broad SMARTS) is 1. The summed E-state index contributed by atoms with van der Waals surface area (Å²) in [6, 6.07) is 0. The summed E-state index contributed by atoms with van der Waals surface area (Å²) in [6.07, 6.45) is 68.3. The van der Waals surface area contributed by atoms with Crippen LogP contribution in [-0.2, 0) is 9.53 Å². The van der Waals surface area contributed by atoms with Crippen molar-refractivity contribution in [2.24, 2.45) is 0 Å². The lowest BCUT2D eigenvalue weighted by Gasteiger charge is -2.05. The van der Waals surface area contributed by atoms with E-state index in [2.05, 4.69) is 45.1 Å². The molecule has 0 bridgehead atoms. The van der Waals surface area contributed by atoms with Gasteiger partial charge in [0, 0.05) is 19.6 Å². The molecule has 0 saturated heterocycles. The average Bonchev–Trinajstić information content (AvgIpc) is 3.21. The van der Waals surface area contributed by atoms with Gasteiger partial charge < -0.3 is 9.84 Å². The largest absolute Gasteiger partial charge is 0.481 e. The fourth-order valence-corrected chi connectivity index (χ4v) is 7.65. The fraction of sp³-hybridized carbons (Fsp3) is 0.907. The van der Waals surface area contributed by atoms with Crippen LogP contribution in [0.3, 0.4) is 0 Å². The molecular formula is C54H106O3. The number of carbonyl (C=O) groups is 1. The first-order valence-corrected chi connectivity index (χ1v) is 26.3. The maximum Gasteiger partial charge on any atom is 0.303 e. The number of aliphatic carboxylic acids is 1. The van der Waals surface area contributed by atoms with Gasteiger partial charge in [-0.1, -0.05) is 251 Å². The van der Waals surface area contributed by atoms with E-state index in [1.165, 1.54) is 263 Å². The standard InChI is InChI=1S/C36H70O.C18H36O2/c1-3-5-7-9-11-13-15-17-19-21-23-25-27-29-31-33-35-37-36-34-32-30-28-26-24-22-20-18-16-14-12-10-8-6-4-2;1-2-3-4-5-6-7-8-9-10-11-12-13-14-15-16-17-18(19)20/h17-20H,3-16,21-36H2,1-2H3;2-17H2,1H3,(H,19,20). The van der Waals surface area contributed by atoms with Crippen molar-refractivity contribution >= 4 is 5.97 Å². The van der Waals surface area contributed by atoms with Gasteiger partial charge in [0.2, 0.25) is 0 Å². The Balaban J connectivity index is 0. The van der Waals surface area contributed by atoms with E-state index in [0.717, 1.165) is 26.1 Å². The number of rotatable bonds is 48. The van der Waals surface area contributed by atoms with E-state index in [-0.39, 0.29) is 0 Å². The van der Waals surface area contributed by atoms with Crippen molar-refractivity contribution in [2.45, 2.75) is 303 Å². The molecule has 0 radical (unpaired) electrons. The number of carboxylic acids is 1. The first-order valence-electron chi connectivity index (χ1n) is 26.3. The third-order valence-corrected chi connectivity index (χ3v) is 11.6. The Kier molecular flexibility index (Phi) is 58.0. The number of unbranched alkanes of at least 4 members (excludes halogenated alkanes) is 38. The zero-order valence-corrected chi connectivity index (χ0v) is 39.6. The van der Waals surface area contributed by atoms with E-state index in [4.69, 9.17) is 9.84 Å². The summed E-state index contributed by atoms with van der Waals surface area (Å²) in [5, 5.41) is 8.52. The van der Waals surface area contributed by atoms with Crippen LogP contribution < -0.4 is 0 Å². The maximum atomic E-state index is 10.3. The molecule has 0 saturated carbocycles. The van der Waals surface area contributed by atoms with E-state index >= 15 is 0 Å². The van der Waals surface area contributed by atoms with Gasteiger partial charge in [0.05, 0.1) is 0 Å². The molecule has 1 N–H and O–H groups in total. The Morgan fingerprint density at radius 1 is 0.316 bits per heavy atom. The van der Waals surface area contributed by atoms with E-state index in [1.54, 1.807) is 0 Å². The molecule has 0 aliphatic carbocycles. The second-order valence-electron chi connectivity index (χ2n) is 17.6. The van der Waals surface area contributed by atoms with Crippen LogP contribution in [-0.4, -0.2) is 24.3 Å². The van der Waals surface area contributed by atoms with Crippen LogP contribution in [0.4, 0.5) is 0 Å². The zero-order chi connectivity index (χ0) is 41.6. The van der Waals surface area contributed by atoms with Crippen LogP contribution in [0.1, 0.15) is 303 Å². The molecule has 0 unspecified atom stereocenters. The van der Waals surface area contributed by atoms with Crippen LogP contribution in [0, 0.1) is 0 Å². The number of ether oxygens (including phenoxy) is 1. The lowest BCUT2D eigenvalue weighted by molar-refractivity contribution is -0.137. The van der Waals surface area contributed by atoms with Crippen molar-refractivity contribution < 1.29 is 14.6 Å². The summed E-state index contributed by atoms with van der Waals surface area (Å²) in [5.41, 5.74) is 0. The van der Waals surface area contributed by atoms with Crippen LogP contribution >= 0.6 is 0 Å². The normalized spacial score (nSPS) is 11.6. The third-order valence-electron chi connectivity index (χ3n) is 11.6. The number of allylic oxidation sites excluding steroid dienone is 4. The first kappa shape index (κ1) is 58.0. The van der Waals surface area contributed by atoms with E-state index in [0.29, 0.717) is 6.42 Å². The summed E-state index contributed by atoms with van der Waals surface area (Å²) in [7, 11) is 0. The Morgan fingerprint density at radius 3 is 0.772 bits per heavy atom. The second kappa shape index (κ2) is 57.0. The highest BCUT2D eigenvalue weighted by Crippen LogP contribution is 2.15. The summed E-state index contributed by atoms with van der Waals surface area (Å²) >= 11 is 0. The molecule has 3 nitrogen and oxygen atoms in total. The summed E-state index contributed by atoms with van der Waals surface area (Å²) in [6.45, 7) is 8.81. The molecule has 0 rings (SSSR count). The first-order chi connectivity index (χ1) is 28.2. The molecule has 0 amide bonds. The van der Waals surface area contributed by atoms with Gasteiger partial charge in [0.25, 0.3) is 0 Å². The van der Waals surface area contributed by atoms with Crippen molar-refractivity contribution in [3.63, 3.8) is 0 Å². The lowest BCUT2D eigenvalue weighted by atomic mass is 10.0. The summed E-state index contributed by atoms with van der Waals surface area (Å²) in [4.78, 5) is 10.3. The van der Waals surface area contributed by atoms with Gasteiger partial charge in [-0.25, -0.2) is 0 Å². The summed E-state index contributed by atoms with van der Waals surface area (Å²) < 4.78 is 5.85. The van der Waals surface area contributed by atoms with Crippen molar-refractivity contribution in [1.29, 1.82) is 0 Å². The van der Waals surface area contributed by atoms with Crippen molar-refractivity contribution in [3.05, 3.63) is 24.3 Å². The molecule has 0 aliphatic heterocycles. The molecule has 3 heteroatoms. The van der Waals surface area contributed by atoms with E-state index < -0.39 is 5.97 Å².